The molecule has 0 radical (unpaired) electrons. The molecular formula is C13H17NO5S. The van der Waals surface area contributed by atoms with Crippen molar-refractivity contribution in [3.05, 3.63) is 39.9 Å². The van der Waals surface area contributed by atoms with Crippen LogP contribution in [0, 0.1) is 10.1 Å². The molecule has 110 valence electrons. The fraction of sp³-hybridized carbons (Fsp3) is 0.462. The van der Waals surface area contributed by atoms with Crippen molar-refractivity contribution in [2.45, 2.75) is 30.6 Å². The molecule has 0 aliphatic rings. The van der Waals surface area contributed by atoms with Gasteiger partial charge in [0.05, 0.1) is 18.8 Å². The van der Waals surface area contributed by atoms with Gasteiger partial charge in [-0.3, -0.25) is 0 Å². The number of thiol groups is 1. The quantitative estimate of drug-likeness (QED) is 0.249. The number of carbonyl (C=O) groups excluding carboxylic acids is 1. The first-order valence-electron chi connectivity index (χ1n) is 6.33. The van der Waals surface area contributed by atoms with Crippen LogP contribution in [0.2, 0.25) is 0 Å². The molecule has 0 unspecified atom stereocenters. The van der Waals surface area contributed by atoms with E-state index >= 15 is 0 Å². The molecule has 6 nitrogen and oxygen atoms in total. The van der Waals surface area contributed by atoms with Gasteiger partial charge >= 0.3 is 5.97 Å². The molecule has 0 aromatic heterocycles. The van der Waals surface area contributed by atoms with E-state index in [0.29, 0.717) is 23.5 Å². The number of esters is 1. The molecule has 0 fully saturated rings. The standard InChI is InChI=1S/C13H17NO5S/c15-13(11-6-5-7-12(20)10-11)18-8-3-1-2-4-9-19-14(16)17/h5-7,10,20H,1-4,8-9H2. The summed E-state index contributed by atoms with van der Waals surface area (Å²) in [6.45, 7) is 0.452. The molecule has 0 aliphatic heterocycles. The zero-order chi connectivity index (χ0) is 14.8. The molecule has 0 heterocycles. The maximum absolute atomic E-state index is 11.7. The smallest absolute Gasteiger partial charge is 0.338 e. The number of unbranched alkanes of at least 4 members (excludes halogenated alkanes) is 3. The van der Waals surface area contributed by atoms with E-state index in [9.17, 15) is 14.9 Å². The van der Waals surface area contributed by atoms with Crippen molar-refractivity contribution in [3.63, 3.8) is 0 Å². The van der Waals surface area contributed by atoms with Crippen LogP contribution >= 0.6 is 12.6 Å². The Kier molecular flexibility index (Phi) is 7.49. The summed E-state index contributed by atoms with van der Waals surface area (Å²) in [5, 5.41) is 9.09. The van der Waals surface area contributed by atoms with Gasteiger partial charge < -0.3 is 9.57 Å². The summed E-state index contributed by atoms with van der Waals surface area (Å²) in [5.74, 6) is -0.363. The Bertz CT molecular complexity index is 452. The zero-order valence-corrected chi connectivity index (χ0v) is 11.9. The summed E-state index contributed by atoms with van der Waals surface area (Å²) in [5.41, 5.74) is 0.483. The molecule has 0 atom stereocenters. The highest BCUT2D eigenvalue weighted by Gasteiger charge is 2.06. The molecule has 1 rings (SSSR count). The van der Waals surface area contributed by atoms with Crippen molar-refractivity contribution in [1.29, 1.82) is 0 Å². The molecule has 0 amide bonds. The van der Waals surface area contributed by atoms with E-state index in [0.717, 1.165) is 19.3 Å². The molecule has 0 spiro atoms. The van der Waals surface area contributed by atoms with Gasteiger partial charge in [0.15, 0.2) is 0 Å². The van der Waals surface area contributed by atoms with Crippen LogP contribution in [0.5, 0.6) is 0 Å². The van der Waals surface area contributed by atoms with E-state index in [1.54, 1.807) is 24.3 Å². The van der Waals surface area contributed by atoms with Crippen LogP contribution in [0.4, 0.5) is 0 Å². The summed E-state index contributed by atoms with van der Waals surface area (Å²) in [4.78, 5) is 26.4. The van der Waals surface area contributed by atoms with Crippen LogP contribution in [0.3, 0.4) is 0 Å². The highest BCUT2D eigenvalue weighted by atomic mass is 32.1. The predicted molar refractivity (Wildman–Crippen MR) is 75.4 cm³/mol. The number of benzene rings is 1. The number of hydrogen-bond acceptors (Lipinski definition) is 6. The summed E-state index contributed by atoms with van der Waals surface area (Å²) >= 11 is 4.15. The number of nitrogens with zero attached hydrogens (tertiary/aromatic N) is 1. The summed E-state index contributed by atoms with van der Waals surface area (Å²) in [7, 11) is 0. The van der Waals surface area contributed by atoms with Gasteiger partial charge in [-0.15, -0.1) is 22.7 Å². The molecule has 0 bridgehead atoms. The van der Waals surface area contributed by atoms with Gasteiger partial charge in [-0.05, 0) is 37.5 Å². The fourth-order valence-electron chi connectivity index (χ4n) is 1.58. The van der Waals surface area contributed by atoms with E-state index in [-0.39, 0.29) is 12.6 Å². The number of carbonyl (C=O) groups is 1. The van der Waals surface area contributed by atoms with Gasteiger partial charge in [0.25, 0.3) is 5.09 Å². The van der Waals surface area contributed by atoms with Gasteiger partial charge in [-0.25, -0.2) is 4.79 Å². The summed E-state index contributed by atoms with van der Waals surface area (Å²) in [6.07, 6.45) is 2.99. The van der Waals surface area contributed by atoms with E-state index in [1.165, 1.54) is 0 Å². The molecule has 7 heteroatoms. The number of rotatable bonds is 9. The third kappa shape index (κ3) is 6.98. The number of hydrogen-bond donors (Lipinski definition) is 1. The van der Waals surface area contributed by atoms with E-state index in [1.807, 2.05) is 0 Å². The summed E-state index contributed by atoms with van der Waals surface area (Å²) < 4.78 is 5.12. The van der Waals surface area contributed by atoms with Crippen LogP contribution in [0.15, 0.2) is 29.2 Å². The molecule has 0 saturated carbocycles. The Morgan fingerprint density at radius 1 is 1.20 bits per heavy atom. The lowest BCUT2D eigenvalue weighted by molar-refractivity contribution is -0.757. The van der Waals surface area contributed by atoms with Crippen LogP contribution in [0.25, 0.3) is 0 Å². The normalized spacial score (nSPS) is 10.1. The van der Waals surface area contributed by atoms with Crippen molar-refractivity contribution in [2.24, 2.45) is 0 Å². The first-order valence-corrected chi connectivity index (χ1v) is 6.78. The Hall–Kier alpha value is -1.76. The molecule has 1 aromatic carbocycles. The van der Waals surface area contributed by atoms with E-state index < -0.39 is 5.09 Å². The Balaban J connectivity index is 2.06. The minimum atomic E-state index is -0.794. The van der Waals surface area contributed by atoms with Gasteiger partial charge in [-0.1, -0.05) is 12.5 Å². The predicted octanol–water partition coefficient (Wildman–Crippen LogP) is 2.90. The largest absolute Gasteiger partial charge is 0.462 e. The second kappa shape index (κ2) is 9.19. The minimum absolute atomic E-state index is 0.113. The Labute approximate surface area is 122 Å². The van der Waals surface area contributed by atoms with Gasteiger partial charge in [0.1, 0.15) is 0 Å². The van der Waals surface area contributed by atoms with Crippen molar-refractivity contribution >= 4 is 18.6 Å². The first-order chi connectivity index (χ1) is 9.59. The lowest BCUT2D eigenvalue weighted by Crippen LogP contribution is -2.06. The molecular weight excluding hydrogens is 282 g/mol. The molecule has 0 aliphatic carbocycles. The fourth-order valence-corrected chi connectivity index (χ4v) is 1.80. The van der Waals surface area contributed by atoms with Gasteiger partial charge in [-0.2, -0.15) is 0 Å². The van der Waals surface area contributed by atoms with Crippen molar-refractivity contribution in [1.82, 2.24) is 0 Å². The average molecular weight is 299 g/mol. The lowest BCUT2D eigenvalue weighted by Gasteiger charge is -2.05. The highest BCUT2D eigenvalue weighted by molar-refractivity contribution is 7.80. The lowest BCUT2D eigenvalue weighted by atomic mass is 10.2. The first kappa shape index (κ1) is 16.3. The zero-order valence-electron chi connectivity index (χ0n) is 11.0. The molecule has 0 saturated heterocycles. The second-order valence-electron chi connectivity index (χ2n) is 4.16. The van der Waals surface area contributed by atoms with Crippen LogP contribution in [-0.4, -0.2) is 24.3 Å². The maximum atomic E-state index is 11.7. The molecule has 0 N–H and O–H groups in total. The SMILES string of the molecule is O=C(OCCCCCCO[N+](=O)[O-])c1cccc(S)c1. The van der Waals surface area contributed by atoms with Crippen LogP contribution < -0.4 is 0 Å². The van der Waals surface area contributed by atoms with Crippen molar-refractivity contribution in [3.8, 4) is 0 Å². The minimum Gasteiger partial charge on any atom is -0.462 e. The van der Waals surface area contributed by atoms with E-state index in [4.69, 9.17) is 4.74 Å². The second-order valence-corrected chi connectivity index (χ2v) is 4.67. The molecule has 20 heavy (non-hydrogen) atoms. The maximum Gasteiger partial charge on any atom is 0.338 e. The average Bonchev–Trinajstić information content (AvgIpc) is 2.41. The van der Waals surface area contributed by atoms with Crippen LogP contribution in [0.1, 0.15) is 36.0 Å². The van der Waals surface area contributed by atoms with Crippen molar-refractivity contribution < 1.29 is 19.5 Å². The van der Waals surface area contributed by atoms with Crippen molar-refractivity contribution in [2.75, 3.05) is 13.2 Å². The monoisotopic (exact) mass is 299 g/mol. The van der Waals surface area contributed by atoms with Gasteiger partial charge in [0.2, 0.25) is 0 Å². The Morgan fingerprint density at radius 2 is 1.90 bits per heavy atom. The topological polar surface area (TPSA) is 78.7 Å². The van der Waals surface area contributed by atoms with Gasteiger partial charge in [0, 0.05) is 4.90 Å². The number of ether oxygens (including phenoxy) is 1. The third-order valence-corrected chi connectivity index (χ3v) is 2.83. The third-order valence-electron chi connectivity index (χ3n) is 2.55. The highest BCUT2D eigenvalue weighted by Crippen LogP contribution is 2.10. The van der Waals surface area contributed by atoms with Crippen LogP contribution in [-0.2, 0) is 9.57 Å². The molecule has 1 aromatic rings. The summed E-state index contributed by atoms with van der Waals surface area (Å²) in [6, 6.07) is 6.86. The Morgan fingerprint density at radius 3 is 2.55 bits per heavy atom. The van der Waals surface area contributed by atoms with E-state index in [2.05, 4.69) is 17.5 Å².